The third-order valence-corrected chi connectivity index (χ3v) is 2.76. The first-order chi connectivity index (χ1) is 8.49. The molecule has 94 valence electrons. The molecule has 0 fully saturated rings. The van der Waals surface area contributed by atoms with Crippen molar-refractivity contribution in [2.24, 2.45) is 0 Å². The van der Waals surface area contributed by atoms with Crippen LogP contribution in [0.25, 0.3) is 11.3 Å². The van der Waals surface area contributed by atoms with E-state index in [2.05, 4.69) is 5.16 Å². The van der Waals surface area contributed by atoms with Crippen LogP contribution in [0.2, 0.25) is 5.02 Å². The van der Waals surface area contributed by atoms with Crippen LogP contribution in [0.1, 0.15) is 29.1 Å². The van der Waals surface area contributed by atoms with E-state index in [0.717, 1.165) is 0 Å². The normalized spacial score (nSPS) is 12.4. The fraction of sp³-hybridized carbons (Fsp3) is 0.167. The third kappa shape index (κ3) is 2.36. The van der Waals surface area contributed by atoms with Gasteiger partial charge < -0.3 is 9.63 Å². The largest absolute Gasteiger partial charge is 0.476 e. The van der Waals surface area contributed by atoms with Gasteiger partial charge in [-0.3, -0.25) is 0 Å². The van der Waals surface area contributed by atoms with Gasteiger partial charge in [-0.2, -0.15) is 0 Å². The molecule has 6 heteroatoms. The molecular formula is C12H9ClFNO3. The first-order valence-corrected chi connectivity index (χ1v) is 5.50. The molecule has 1 heterocycles. The van der Waals surface area contributed by atoms with E-state index in [1.807, 2.05) is 0 Å². The van der Waals surface area contributed by atoms with Crippen LogP contribution in [-0.4, -0.2) is 16.2 Å². The average molecular weight is 270 g/mol. The minimum atomic E-state index is -1.19. The van der Waals surface area contributed by atoms with Crippen molar-refractivity contribution in [3.05, 3.63) is 40.5 Å². The van der Waals surface area contributed by atoms with Gasteiger partial charge in [0.2, 0.25) is 0 Å². The highest BCUT2D eigenvalue weighted by Gasteiger charge is 2.15. The van der Waals surface area contributed by atoms with E-state index in [1.165, 1.54) is 19.1 Å². The van der Waals surface area contributed by atoms with Crippen molar-refractivity contribution in [1.82, 2.24) is 5.16 Å². The zero-order chi connectivity index (χ0) is 13.3. The molecule has 1 unspecified atom stereocenters. The number of carboxylic acids is 1. The lowest BCUT2D eigenvalue weighted by Gasteiger charge is -2.05. The van der Waals surface area contributed by atoms with Gasteiger partial charge in [-0.05, 0) is 24.6 Å². The number of nitrogens with zero attached hydrogens (tertiary/aromatic N) is 1. The van der Waals surface area contributed by atoms with Crippen molar-refractivity contribution in [3.63, 3.8) is 0 Å². The third-order valence-electron chi connectivity index (χ3n) is 2.45. The Bertz CT molecular complexity index is 595. The summed E-state index contributed by atoms with van der Waals surface area (Å²) in [5.41, 5.74) is 0.715. The summed E-state index contributed by atoms with van der Waals surface area (Å²) in [7, 11) is 0. The van der Waals surface area contributed by atoms with E-state index in [-0.39, 0.29) is 16.5 Å². The second-order valence-corrected chi connectivity index (χ2v) is 4.14. The summed E-state index contributed by atoms with van der Waals surface area (Å²) in [6.07, 6.45) is -1.12. The highest BCUT2D eigenvalue weighted by Crippen LogP contribution is 2.31. The Morgan fingerprint density at radius 2 is 2.22 bits per heavy atom. The van der Waals surface area contributed by atoms with Crippen molar-refractivity contribution >= 4 is 17.6 Å². The lowest BCUT2D eigenvalue weighted by Crippen LogP contribution is -1.94. The highest BCUT2D eigenvalue weighted by molar-refractivity contribution is 6.33. The zero-order valence-corrected chi connectivity index (χ0v) is 10.1. The van der Waals surface area contributed by atoms with Crippen molar-refractivity contribution in [1.29, 1.82) is 0 Å². The predicted octanol–water partition coefficient (Wildman–Crippen LogP) is 3.72. The van der Waals surface area contributed by atoms with E-state index < -0.39 is 12.1 Å². The molecule has 0 amide bonds. The minimum Gasteiger partial charge on any atom is -0.476 e. The number of halogens is 2. The topological polar surface area (TPSA) is 63.3 Å². The van der Waals surface area contributed by atoms with Crippen molar-refractivity contribution in [3.8, 4) is 11.3 Å². The molecule has 1 atom stereocenters. The van der Waals surface area contributed by atoms with Crippen molar-refractivity contribution in [2.45, 2.75) is 13.1 Å². The number of alkyl halides is 1. The van der Waals surface area contributed by atoms with E-state index in [1.54, 1.807) is 12.1 Å². The Kier molecular flexibility index (Phi) is 3.34. The molecule has 0 saturated carbocycles. The Hall–Kier alpha value is -1.88. The van der Waals surface area contributed by atoms with Gasteiger partial charge in [0.1, 0.15) is 6.17 Å². The van der Waals surface area contributed by atoms with Crippen LogP contribution in [0.15, 0.2) is 28.8 Å². The van der Waals surface area contributed by atoms with Gasteiger partial charge in [-0.15, -0.1) is 0 Å². The summed E-state index contributed by atoms with van der Waals surface area (Å²) in [6, 6.07) is 5.88. The van der Waals surface area contributed by atoms with Crippen LogP contribution in [-0.2, 0) is 0 Å². The fourth-order valence-corrected chi connectivity index (χ4v) is 1.76. The fourth-order valence-electron chi connectivity index (χ4n) is 1.48. The molecule has 4 nitrogen and oxygen atoms in total. The summed E-state index contributed by atoms with van der Waals surface area (Å²) >= 11 is 5.99. The second-order valence-electron chi connectivity index (χ2n) is 3.74. The summed E-state index contributed by atoms with van der Waals surface area (Å²) < 4.78 is 18.0. The van der Waals surface area contributed by atoms with Crippen LogP contribution < -0.4 is 0 Å². The van der Waals surface area contributed by atoms with Crippen molar-refractivity contribution in [2.75, 3.05) is 0 Å². The number of carbonyl (C=O) groups is 1. The maximum atomic E-state index is 13.1. The number of hydrogen-bond acceptors (Lipinski definition) is 3. The first kappa shape index (κ1) is 12.6. The molecule has 0 aliphatic rings. The number of hydrogen-bond donors (Lipinski definition) is 1. The summed E-state index contributed by atoms with van der Waals surface area (Å²) in [5.74, 6) is -0.953. The summed E-state index contributed by atoms with van der Waals surface area (Å²) in [4.78, 5) is 10.7. The Balaban J connectivity index is 2.41. The lowest BCUT2D eigenvalue weighted by molar-refractivity contribution is 0.0686. The highest BCUT2D eigenvalue weighted by atomic mass is 35.5. The first-order valence-electron chi connectivity index (χ1n) is 5.13. The van der Waals surface area contributed by atoms with Gasteiger partial charge in [0.05, 0.1) is 5.02 Å². The molecule has 2 rings (SSSR count). The molecule has 0 aliphatic heterocycles. The number of rotatable bonds is 3. The maximum absolute atomic E-state index is 13.1. The molecule has 18 heavy (non-hydrogen) atoms. The Labute approximate surface area is 107 Å². The maximum Gasteiger partial charge on any atom is 0.358 e. The number of aromatic carboxylic acids is 1. The number of carboxylic acid groups (broad SMARTS) is 1. The Morgan fingerprint density at radius 1 is 1.50 bits per heavy atom. The summed E-state index contributed by atoms with van der Waals surface area (Å²) in [6.45, 7) is 1.41. The molecule has 0 aliphatic carbocycles. The van der Waals surface area contributed by atoms with Gasteiger partial charge in [0, 0.05) is 11.6 Å². The second kappa shape index (κ2) is 4.78. The molecule has 0 spiro atoms. The molecule has 2 aromatic rings. The van der Waals surface area contributed by atoms with Gasteiger partial charge in [0.25, 0.3) is 0 Å². The van der Waals surface area contributed by atoms with E-state index in [9.17, 15) is 9.18 Å². The molecule has 0 bridgehead atoms. The van der Waals surface area contributed by atoms with E-state index >= 15 is 0 Å². The van der Waals surface area contributed by atoms with Crippen LogP contribution in [0, 0.1) is 0 Å². The van der Waals surface area contributed by atoms with Crippen LogP contribution in [0.4, 0.5) is 4.39 Å². The van der Waals surface area contributed by atoms with E-state index in [4.69, 9.17) is 21.2 Å². The van der Waals surface area contributed by atoms with Gasteiger partial charge >= 0.3 is 5.97 Å². The Morgan fingerprint density at radius 3 is 2.72 bits per heavy atom. The monoisotopic (exact) mass is 269 g/mol. The molecule has 1 aromatic carbocycles. The molecule has 0 radical (unpaired) electrons. The smallest absolute Gasteiger partial charge is 0.358 e. The molecule has 1 aromatic heterocycles. The predicted molar refractivity (Wildman–Crippen MR) is 63.4 cm³/mol. The molecule has 1 N–H and O–H groups in total. The number of benzene rings is 1. The minimum absolute atomic E-state index is 0.205. The summed E-state index contributed by atoms with van der Waals surface area (Å²) in [5, 5.41) is 12.4. The zero-order valence-electron chi connectivity index (χ0n) is 9.35. The SMILES string of the molecule is CC(F)c1ccc(-c2cc(C(=O)O)no2)c(Cl)c1. The van der Waals surface area contributed by atoms with Crippen LogP contribution in [0.5, 0.6) is 0 Å². The number of aromatic nitrogens is 1. The quantitative estimate of drug-likeness (QED) is 0.922. The van der Waals surface area contributed by atoms with E-state index in [0.29, 0.717) is 11.1 Å². The van der Waals surface area contributed by atoms with Gasteiger partial charge in [-0.25, -0.2) is 9.18 Å². The van der Waals surface area contributed by atoms with Gasteiger partial charge in [-0.1, -0.05) is 22.8 Å². The molecule has 0 saturated heterocycles. The molecular weight excluding hydrogens is 261 g/mol. The standard InChI is InChI=1S/C12H9ClFNO3/c1-6(14)7-2-3-8(9(13)4-7)11-5-10(12(16)17)15-18-11/h2-6H,1H3,(H,16,17). The van der Waals surface area contributed by atoms with Crippen molar-refractivity contribution < 1.29 is 18.8 Å². The van der Waals surface area contributed by atoms with Gasteiger partial charge in [0.15, 0.2) is 11.5 Å². The average Bonchev–Trinajstić information content (AvgIpc) is 2.78. The van der Waals surface area contributed by atoms with Crippen LogP contribution >= 0.6 is 11.6 Å². The lowest BCUT2D eigenvalue weighted by atomic mass is 10.1. The van der Waals surface area contributed by atoms with Crippen LogP contribution in [0.3, 0.4) is 0 Å².